The Hall–Kier alpha value is -3.00. The zero-order chi connectivity index (χ0) is 29.6. The fourth-order valence-corrected chi connectivity index (χ4v) is 8.12. The van der Waals surface area contributed by atoms with Crippen LogP contribution < -0.4 is 5.32 Å². The minimum atomic E-state index is -2.08. The van der Waals surface area contributed by atoms with Crippen molar-refractivity contribution in [2.45, 2.75) is 50.4 Å². The molecule has 0 unspecified atom stereocenters. The van der Waals surface area contributed by atoms with Gasteiger partial charge in [-0.25, -0.2) is 0 Å². The number of aromatic hydroxyl groups is 1. The van der Waals surface area contributed by atoms with Crippen molar-refractivity contribution >= 4 is 11.8 Å². The molecule has 2 spiro atoms. The number of aliphatic hydroxyl groups is 3. The maximum atomic E-state index is 13.6. The van der Waals surface area contributed by atoms with Crippen LogP contribution in [0.25, 0.3) is 0 Å². The second-order valence-electron chi connectivity index (χ2n) is 11.8. The summed E-state index contributed by atoms with van der Waals surface area (Å²) in [4.78, 5) is 27.2. The zero-order valence-corrected chi connectivity index (χ0v) is 23.6. The Bertz CT molecular complexity index is 1370. The molecular weight excluding hydrogens is 536 g/mol. The van der Waals surface area contributed by atoms with Gasteiger partial charge in [-0.2, -0.15) is 0 Å². The number of likely N-dealkylation sites (N-methyl/N-ethyl adjacent to an activating group) is 1. The summed E-state index contributed by atoms with van der Waals surface area (Å²) in [6.07, 6.45) is -1.25. The Morgan fingerprint density at radius 1 is 1.02 bits per heavy atom. The third kappa shape index (κ3) is 3.37. The molecular formula is C29H36N2O10. The van der Waals surface area contributed by atoms with E-state index in [9.17, 15) is 30.0 Å². The Kier molecular flexibility index (Phi) is 6.35. The van der Waals surface area contributed by atoms with Crippen LogP contribution in [0.2, 0.25) is 0 Å². The van der Waals surface area contributed by atoms with Gasteiger partial charge in [0.2, 0.25) is 17.5 Å². The third-order valence-corrected chi connectivity index (χ3v) is 9.62. The minimum absolute atomic E-state index is 0.0133. The molecule has 41 heavy (non-hydrogen) atoms. The first-order valence-electron chi connectivity index (χ1n) is 13.8. The summed E-state index contributed by atoms with van der Waals surface area (Å²) < 4.78 is 24.8. The van der Waals surface area contributed by atoms with E-state index in [0.29, 0.717) is 11.1 Å². The van der Waals surface area contributed by atoms with E-state index in [-0.39, 0.29) is 49.1 Å². The fourth-order valence-electron chi connectivity index (χ4n) is 8.12. The van der Waals surface area contributed by atoms with Crippen molar-refractivity contribution in [3.63, 3.8) is 0 Å². The molecule has 0 radical (unpaired) electrons. The average molecular weight is 573 g/mol. The van der Waals surface area contributed by atoms with Crippen LogP contribution >= 0.6 is 0 Å². The molecule has 2 amide bonds. The number of carbonyl (C=O) groups excluding carboxylic acids is 2. The number of aliphatic hydroxyl groups excluding tert-OH is 3. The van der Waals surface area contributed by atoms with Gasteiger partial charge in [0, 0.05) is 24.3 Å². The van der Waals surface area contributed by atoms with Crippen molar-refractivity contribution in [2.75, 3.05) is 40.5 Å². The van der Waals surface area contributed by atoms with Gasteiger partial charge in [0.1, 0.15) is 22.8 Å². The van der Waals surface area contributed by atoms with Gasteiger partial charge in [-0.05, 0) is 38.6 Å². The molecule has 3 aliphatic carbocycles. The van der Waals surface area contributed by atoms with E-state index in [0.717, 1.165) is 6.92 Å². The first-order chi connectivity index (χ1) is 19.3. The molecule has 5 aliphatic rings. The van der Waals surface area contributed by atoms with E-state index in [4.69, 9.17) is 18.9 Å². The summed E-state index contributed by atoms with van der Waals surface area (Å²) in [5.41, 5.74) is -0.838. The molecule has 6 atom stereocenters. The van der Waals surface area contributed by atoms with E-state index in [1.165, 1.54) is 6.07 Å². The fraction of sp³-hybridized carbons (Fsp3) is 0.586. The smallest absolute Gasteiger partial charge is 0.262 e. The van der Waals surface area contributed by atoms with Gasteiger partial charge in [-0.3, -0.25) is 19.8 Å². The highest BCUT2D eigenvalue weighted by Gasteiger charge is 2.75. The summed E-state index contributed by atoms with van der Waals surface area (Å²) in [7, 11) is 3.36. The first-order valence-corrected chi connectivity index (χ1v) is 13.8. The maximum Gasteiger partial charge on any atom is 0.262 e. The molecule has 1 aromatic rings. The van der Waals surface area contributed by atoms with Gasteiger partial charge < -0.3 is 39.4 Å². The van der Waals surface area contributed by atoms with Gasteiger partial charge in [-0.15, -0.1) is 0 Å². The number of amides is 2. The lowest BCUT2D eigenvalue weighted by molar-refractivity contribution is -0.261. The van der Waals surface area contributed by atoms with Crippen LogP contribution in [0.3, 0.4) is 0 Å². The molecule has 12 heteroatoms. The summed E-state index contributed by atoms with van der Waals surface area (Å²) in [6, 6.07) is 4.05. The molecule has 1 aromatic carbocycles. The highest BCUT2D eigenvalue weighted by atomic mass is 16.7. The zero-order valence-electron chi connectivity index (χ0n) is 23.6. The van der Waals surface area contributed by atoms with Crippen LogP contribution in [0, 0.1) is 17.3 Å². The lowest BCUT2D eigenvalue weighted by Crippen LogP contribution is -2.71. The molecule has 0 aromatic heterocycles. The minimum Gasteiger partial charge on any atom is -0.511 e. The molecule has 2 fully saturated rings. The van der Waals surface area contributed by atoms with Crippen LogP contribution in [-0.2, 0) is 34.3 Å². The number of carbonyl (C=O) groups is 2. The SMILES string of the molecule is CC(=O)NC(=O)C1=C(O)[C@@H](N(C)C)[C@@H]2[C@@H](O)[C@H]3C(=C(O)[C@]2(C)C12OCCO2)C1(OCCO1)c1c(O)cccc1[C@@H]3C. The highest BCUT2D eigenvalue weighted by Crippen LogP contribution is 2.68. The highest BCUT2D eigenvalue weighted by molar-refractivity contribution is 6.05. The Labute approximate surface area is 237 Å². The second kappa shape index (κ2) is 9.25. The topological polar surface area (TPSA) is 167 Å². The maximum absolute atomic E-state index is 13.6. The number of fused-ring (bicyclic) bond motifs is 6. The number of nitrogens with one attached hydrogen (secondary N) is 1. The van der Waals surface area contributed by atoms with E-state index in [1.54, 1.807) is 32.0 Å². The van der Waals surface area contributed by atoms with Crippen LogP contribution in [0.4, 0.5) is 0 Å². The van der Waals surface area contributed by atoms with Crippen molar-refractivity contribution in [1.82, 2.24) is 10.2 Å². The first kappa shape index (κ1) is 28.1. The number of imide groups is 1. The van der Waals surface area contributed by atoms with Gasteiger partial charge in [0.15, 0.2) is 0 Å². The summed E-state index contributed by atoms with van der Waals surface area (Å²) in [6.45, 7) is 5.01. The summed E-state index contributed by atoms with van der Waals surface area (Å²) in [5, 5.41) is 50.0. The number of hydrogen-bond acceptors (Lipinski definition) is 11. The van der Waals surface area contributed by atoms with Crippen LogP contribution in [0.15, 0.2) is 40.9 Å². The Morgan fingerprint density at radius 2 is 1.63 bits per heavy atom. The third-order valence-electron chi connectivity index (χ3n) is 9.62. The largest absolute Gasteiger partial charge is 0.511 e. The van der Waals surface area contributed by atoms with Gasteiger partial charge in [0.05, 0.1) is 49.6 Å². The standard InChI is InChI=1S/C29H36N2O10/c1-13-15-7-6-8-16(33)18(15)28(38-9-10-39-28)19-17(13)23(34)20-22(31(4)5)24(35)21(26(37)30-14(2)32)29(40-11-12-41-29)27(20,3)25(19)36/h6-8,13,17,20,22-23,33-36H,9-12H2,1-5H3,(H,30,32,37)/t13-,17+,20+,22-,23-,27+/m0/s1. The van der Waals surface area contributed by atoms with E-state index < -0.39 is 64.5 Å². The van der Waals surface area contributed by atoms with Crippen molar-refractivity contribution in [3.05, 3.63) is 52.0 Å². The number of nitrogens with zero attached hydrogens (tertiary/aromatic N) is 1. The van der Waals surface area contributed by atoms with Gasteiger partial charge in [0.25, 0.3) is 5.91 Å². The van der Waals surface area contributed by atoms with Gasteiger partial charge in [-0.1, -0.05) is 19.1 Å². The molecule has 2 saturated heterocycles. The lowest BCUT2D eigenvalue weighted by atomic mass is 9.49. The predicted octanol–water partition coefficient (Wildman–Crippen LogP) is 1.30. The predicted molar refractivity (Wildman–Crippen MR) is 141 cm³/mol. The van der Waals surface area contributed by atoms with Crippen LogP contribution in [0.5, 0.6) is 5.75 Å². The van der Waals surface area contributed by atoms with E-state index in [2.05, 4.69) is 5.32 Å². The average Bonchev–Trinajstić information content (AvgIpc) is 3.58. The number of phenolic OH excluding ortho intramolecular Hbond substituents is 1. The summed E-state index contributed by atoms with van der Waals surface area (Å²) in [5.74, 6) is -8.41. The molecule has 12 nitrogen and oxygen atoms in total. The number of hydrogen-bond donors (Lipinski definition) is 5. The Morgan fingerprint density at radius 3 is 2.22 bits per heavy atom. The number of phenols is 1. The molecule has 5 N–H and O–H groups in total. The van der Waals surface area contributed by atoms with E-state index in [1.807, 2.05) is 13.0 Å². The summed E-state index contributed by atoms with van der Waals surface area (Å²) >= 11 is 0. The molecule has 0 bridgehead atoms. The van der Waals surface area contributed by atoms with Crippen molar-refractivity contribution < 1.29 is 49.0 Å². The Balaban J connectivity index is 1.71. The van der Waals surface area contributed by atoms with Crippen molar-refractivity contribution in [1.29, 1.82) is 0 Å². The number of rotatable bonds is 2. The molecule has 222 valence electrons. The number of benzene rings is 1. The molecule has 6 rings (SSSR count). The lowest BCUT2D eigenvalue weighted by Gasteiger charge is -2.62. The van der Waals surface area contributed by atoms with Gasteiger partial charge >= 0.3 is 0 Å². The van der Waals surface area contributed by atoms with Crippen molar-refractivity contribution in [2.24, 2.45) is 17.3 Å². The molecule has 2 heterocycles. The normalized spacial score (nSPS) is 35.0. The monoisotopic (exact) mass is 572 g/mol. The van der Waals surface area contributed by atoms with Crippen LogP contribution in [-0.4, -0.2) is 95.6 Å². The van der Waals surface area contributed by atoms with E-state index >= 15 is 0 Å². The van der Waals surface area contributed by atoms with Crippen LogP contribution in [0.1, 0.15) is 37.8 Å². The quantitative estimate of drug-likeness (QED) is 0.347. The molecule has 2 aliphatic heterocycles. The molecule has 0 saturated carbocycles. The second-order valence-corrected chi connectivity index (χ2v) is 11.8. The van der Waals surface area contributed by atoms with Crippen molar-refractivity contribution in [3.8, 4) is 5.75 Å². The number of ether oxygens (including phenoxy) is 4.